The summed E-state index contributed by atoms with van der Waals surface area (Å²) in [6.45, 7) is 1.32. The highest BCUT2D eigenvalue weighted by Crippen LogP contribution is 2.37. The van der Waals surface area contributed by atoms with Gasteiger partial charge in [-0.05, 0) is 55.0 Å². The Kier molecular flexibility index (Phi) is 7.86. The topological polar surface area (TPSA) is 146 Å². The van der Waals surface area contributed by atoms with Gasteiger partial charge in [0.2, 0.25) is 5.78 Å². The smallest absolute Gasteiger partial charge is 0.333 e. The van der Waals surface area contributed by atoms with Crippen LogP contribution in [0.3, 0.4) is 0 Å². The van der Waals surface area contributed by atoms with Crippen molar-refractivity contribution in [1.82, 2.24) is 9.97 Å². The molecule has 12 heteroatoms. The summed E-state index contributed by atoms with van der Waals surface area (Å²) in [5, 5.41) is 15.7. The van der Waals surface area contributed by atoms with Crippen molar-refractivity contribution in [3.63, 3.8) is 0 Å². The normalized spacial score (nSPS) is 22.1. The van der Waals surface area contributed by atoms with Gasteiger partial charge in [0.25, 0.3) is 0 Å². The van der Waals surface area contributed by atoms with Gasteiger partial charge in [-0.25, -0.2) is 19.5 Å². The second-order valence-electron chi connectivity index (χ2n) is 8.88. The van der Waals surface area contributed by atoms with Crippen LogP contribution in [0.15, 0.2) is 47.3 Å². The van der Waals surface area contributed by atoms with Gasteiger partial charge >= 0.3 is 10.3 Å². The third-order valence-electron chi connectivity index (χ3n) is 6.33. The molecule has 3 N–H and O–H groups in total. The number of aliphatic hydroxyl groups is 1. The van der Waals surface area contributed by atoms with Crippen LogP contribution in [0, 0.1) is 18.8 Å². The van der Waals surface area contributed by atoms with Gasteiger partial charge in [0.1, 0.15) is 18.3 Å². The highest BCUT2D eigenvalue weighted by Gasteiger charge is 2.43. The van der Waals surface area contributed by atoms with E-state index in [0.717, 1.165) is 11.1 Å². The van der Waals surface area contributed by atoms with E-state index in [1.807, 2.05) is 18.2 Å². The maximum absolute atomic E-state index is 14.8. The second-order valence-corrected chi connectivity index (χ2v) is 10.5. The van der Waals surface area contributed by atoms with Crippen molar-refractivity contribution >= 4 is 27.7 Å². The Balaban J connectivity index is 1.51. The molecule has 0 aliphatic heterocycles. The number of alkyl halides is 1. The lowest BCUT2D eigenvalue weighted by Gasteiger charge is -2.15. The molecule has 1 saturated carbocycles. The van der Waals surface area contributed by atoms with Crippen LogP contribution in [-0.4, -0.2) is 48.2 Å². The number of aryl methyl sites for hydroxylation is 1. The SMILES string of the molecule is Cc1oc(C(=O)c2cncnc2C[C@@H]2C[C@H](COS(N)(=O)=O)[C@@H](O)[C@@H]2F)cc1Cc1cccc(Cl)c1. The Bertz CT molecular complexity index is 1370. The maximum Gasteiger partial charge on any atom is 0.333 e. The maximum atomic E-state index is 14.8. The Morgan fingerprint density at radius 3 is 2.83 bits per heavy atom. The van der Waals surface area contributed by atoms with Crippen molar-refractivity contribution in [2.45, 2.75) is 38.5 Å². The molecule has 0 bridgehead atoms. The lowest BCUT2D eigenvalue weighted by molar-refractivity contribution is 0.0438. The molecule has 0 saturated heterocycles. The molecule has 0 amide bonds. The van der Waals surface area contributed by atoms with Crippen LogP contribution < -0.4 is 5.14 Å². The van der Waals surface area contributed by atoms with Crippen molar-refractivity contribution in [3.8, 4) is 0 Å². The Morgan fingerprint density at radius 1 is 1.33 bits per heavy atom. The molecular formula is C24H25ClFN3O6S. The van der Waals surface area contributed by atoms with Gasteiger partial charge in [-0.15, -0.1) is 0 Å². The molecule has 0 unspecified atom stereocenters. The summed E-state index contributed by atoms with van der Waals surface area (Å²) < 4.78 is 47.2. The molecule has 2 heterocycles. The number of hydrogen-bond donors (Lipinski definition) is 2. The van der Waals surface area contributed by atoms with E-state index >= 15 is 0 Å². The van der Waals surface area contributed by atoms with Gasteiger partial charge in [0.05, 0.1) is 24.0 Å². The van der Waals surface area contributed by atoms with Crippen LogP contribution in [0.5, 0.6) is 0 Å². The van der Waals surface area contributed by atoms with Crippen LogP contribution in [-0.2, 0) is 27.3 Å². The Labute approximate surface area is 212 Å². The standard InChI is InChI=1S/C24H25ClFN3O6S/c1-13-15(5-14-3-2-4-18(25)6-14)9-21(35-13)24(31)19-10-28-12-29-20(19)8-16-7-17(23(30)22(16)26)11-34-36(27,32)33/h2-4,6,9-10,12,16-17,22-23,30H,5,7-8,11H2,1H3,(H2,27,32,33)/t16-,17+,22+,23+/m0/s1. The number of halogens is 2. The summed E-state index contributed by atoms with van der Waals surface area (Å²) in [6.07, 6.45) is 0.185. The molecule has 1 aromatic carbocycles. The summed E-state index contributed by atoms with van der Waals surface area (Å²) in [4.78, 5) is 21.4. The summed E-state index contributed by atoms with van der Waals surface area (Å²) in [5.74, 6) is -1.26. The number of rotatable bonds is 9. The Hall–Kier alpha value is -2.70. The van der Waals surface area contributed by atoms with Crippen LogP contribution in [0.4, 0.5) is 4.39 Å². The largest absolute Gasteiger partial charge is 0.458 e. The predicted octanol–water partition coefficient (Wildman–Crippen LogP) is 2.95. The van der Waals surface area contributed by atoms with E-state index in [2.05, 4.69) is 14.2 Å². The zero-order valence-electron chi connectivity index (χ0n) is 19.3. The predicted molar refractivity (Wildman–Crippen MR) is 128 cm³/mol. The summed E-state index contributed by atoms with van der Waals surface area (Å²) in [7, 11) is -4.22. The van der Waals surface area contributed by atoms with Crippen LogP contribution in [0.1, 0.15) is 45.1 Å². The van der Waals surface area contributed by atoms with Crippen LogP contribution in [0.2, 0.25) is 5.02 Å². The van der Waals surface area contributed by atoms with Crippen molar-refractivity contribution < 1.29 is 31.3 Å². The number of carbonyl (C=O) groups is 1. The molecule has 4 rings (SSSR count). The lowest BCUT2D eigenvalue weighted by Crippen LogP contribution is -2.29. The summed E-state index contributed by atoms with van der Waals surface area (Å²) >= 11 is 6.07. The number of carbonyl (C=O) groups excluding carboxylic acids is 1. The van der Waals surface area contributed by atoms with Crippen molar-refractivity contribution in [3.05, 3.63) is 81.8 Å². The fourth-order valence-corrected chi connectivity index (χ4v) is 5.08. The molecule has 0 spiro atoms. The highest BCUT2D eigenvalue weighted by atomic mass is 35.5. The lowest BCUT2D eigenvalue weighted by atomic mass is 9.95. The van der Waals surface area contributed by atoms with Crippen molar-refractivity contribution in [2.24, 2.45) is 17.0 Å². The molecule has 4 atom stereocenters. The number of ketones is 1. The molecule has 2 aromatic heterocycles. The zero-order chi connectivity index (χ0) is 26.0. The quantitative estimate of drug-likeness (QED) is 0.396. The minimum Gasteiger partial charge on any atom is -0.458 e. The van der Waals surface area contributed by atoms with Gasteiger partial charge in [-0.3, -0.25) is 8.98 Å². The number of furan rings is 1. The monoisotopic (exact) mass is 537 g/mol. The first-order valence-electron chi connectivity index (χ1n) is 11.2. The molecule has 36 heavy (non-hydrogen) atoms. The minimum atomic E-state index is -4.22. The molecule has 9 nitrogen and oxygen atoms in total. The van der Waals surface area contributed by atoms with Gasteiger partial charge in [0, 0.05) is 23.6 Å². The first-order chi connectivity index (χ1) is 17.0. The zero-order valence-corrected chi connectivity index (χ0v) is 20.9. The summed E-state index contributed by atoms with van der Waals surface area (Å²) in [5.41, 5.74) is 2.24. The fourth-order valence-electron chi connectivity index (χ4n) is 4.50. The van der Waals surface area contributed by atoms with Crippen molar-refractivity contribution in [1.29, 1.82) is 0 Å². The molecular weight excluding hydrogens is 513 g/mol. The van der Waals surface area contributed by atoms with Gasteiger partial charge in [0.15, 0.2) is 5.76 Å². The van der Waals surface area contributed by atoms with E-state index in [1.54, 1.807) is 19.1 Å². The highest BCUT2D eigenvalue weighted by molar-refractivity contribution is 7.84. The second kappa shape index (κ2) is 10.7. The fraction of sp³-hybridized carbons (Fsp3) is 0.375. The number of nitrogens with two attached hydrogens (primary N) is 1. The molecule has 3 aromatic rings. The van der Waals surface area contributed by atoms with E-state index in [4.69, 9.17) is 21.2 Å². The van der Waals surface area contributed by atoms with Gasteiger partial charge in [-0.1, -0.05) is 23.7 Å². The minimum absolute atomic E-state index is 0.0305. The molecule has 1 fully saturated rings. The third kappa shape index (κ3) is 6.16. The molecule has 0 radical (unpaired) electrons. The van der Waals surface area contributed by atoms with E-state index in [-0.39, 0.29) is 24.2 Å². The van der Waals surface area contributed by atoms with Gasteiger partial charge < -0.3 is 9.52 Å². The number of aliphatic hydroxyl groups excluding tert-OH is 1. The average Bonchev–Trinajstić information content (AvgIpc) is 3.31. The van der Waals surface area contributed by atoms with Crippen LogP contribution >= 0.6 is 11.6 Å². The Morgan fingerprint density at radius 2 is 2.11 bits per heavy atom. The van der Waals surface area contributed by atoms with E-state index < -0.39 is 46.8 Å². The first-order valence-corrected chi connectivity index (χ1v) is 13.0. The molecule has 192 valence electrons. The number of hydrogen-bond acceptors (Lipinski definition) is 8. The van der Waals surface area contributed by atoms with E-state index in [1.165, 1.54) is 12.5 Å². The number of aromatic nitrogens is 2. The third-order valence-corrected chi connectivity index (χ3v) is 7.03. The average molecular weight is 538 g/mol. The number of nitrogens with zero attached hydrogens (tertiary/aromatic N) is 2. The summed E-state index contributed by atoms with van der Waals surface area (Å²) in [6, 6.07) is 9.04. The van der Waals surface area contributed by atoms with Crippen molar-refractivity contribution in [2.75, 3.05) is 6.61 Å². The van der Waals surface area contributed by atoms with E-state index in [9.17, 15) is 22.7 Å². The first kappa shape index (κ1) is 26.4. The molecule has 1 aliphatic rings. The van der Waals surface area contributed by atoms with E-state index in [0.29, 0.717) is 22.9 Å². The van der Waals surface area contributed by atoms with Gasteiger partial charge in [-0.2, -0.15) is 8.42 Å². The number of benzene rings is 1. The van der Waals surface area contributed by atoms with Crippen LogP contribution in [0.25, 0.3) is 0 Å². The molecule has 1 aliphatic carbocycles.